The van der Waals surface area contributed by atoms with Crippen LogP contribution in [0.1, 0.15) is 38.1 Å². The number of aliphatic hydroxyl groups is 1. The fourth-order valence-corrected chi connectivity index (χ4v) is 3.58. The number of nitrogens with two attached hydrogens (primary N) is 1. The van der Waals surface area contributed by atoms with Gasteiger partial charge in [-0.05, 0) is 29.2 Å². The van der Waals surface area contributed by atoms with Crippen LogP contribution in [0.25, 0.3) is 11.4 Å². The molecule has 1 aromatic heterocycles. The maximum Gasteiger partial charge on any atom is 0.247 e. The minimum absolute atomic E-state index is 0.117. The van der Waals surface area contributed by atoms with E-state index in [2.05, 4.69) is 10.1 Å². The largest absolute Gasteiger partial charge is 0.382 e. The number of halogens is 2. The predicted molar refractivity (Wildman–Crippen MR) is 113 cm³/mol. The quantitative estimate of drug-likeness (QED) is 0.622. The maximum atomic E-state index is 14.5. The highest BCUT2D eigenvalue weighted by molar-refractivity contribution is 6.30. The van der Waals surface area contributed by atoms with E-state index in [4.69, 9.17) is 17.3 Å². The summed E-state index contributed by atoms with van der Waals surface area (Å²) in [5, 5.41) is 15.4. The summed E-state index contributed by atoms with van der Waals surface area (Å²) >= 11 is 6.04. The van der Waals surface area contributed by atoms with Crippen LogP contribution >= 0.6 is 11.6 Å². The first-order valence-corrected chi connectivity index (χ1v) is 9.87. The first kappa shape index (κ1) is 21.9. The van der Waals surface area contributed by atoms with Gasteiger partial charge in [0.25, 0.3) is 0 Å². The normalized spacial score (nSPS) is 13.8. The van der Waals surface area contributed by atoms with Crippen LogP contribution in [0.5, 0.6) is 0 Å². The maximum absolute atomic E-state index is 14.5. The van der Waals surface area contributed by atoms with E-state index in [0.29, 0.717) is 17.4 Å². The molecule has 0 aliphatic rings. The standard InChI is InChI=1S/C22H24ClFN4O2/c1-22(2,3)17(18(29)19(25)30)21-26-20(15-11-14(23)9-10-16(15)24)27-28(21)12-13-7-5-4-6-8-13/h4-11,17-18,29H,12H2,1-3H3,(H2,25,30)/t17-,18?/m0/s1. The van der Waals surface area contributed by atoms with Crippen molar-refractivity contribution in [2.24, 2.45) is 11.1 Å². The van der Waals surface area contributed by atoms with Crippen LogP contribution in [0.4, 0.5) is 4.39 Å². The number of hydrogen-bond acceptors (Lipinski definition) is 4. The van der Waals surface area contributed by atoms with Gasteiger partial charge in [0, 0.05) is 5.02 Å². The fourth-order valence-electron chi connectivity index (χ4n) is 3.41. The van der Waals surface area contributed by atoms with Crippen molar-refractivity contribution in [3.05, 3.63) is 70.8 Å². The number of nitrogens with zero attached hydrogens (tertiary/aromatic N) is 3. The summed E-state index contributed by atoms with van der Waals surface area (Å²) in [7, 11) is 0. The Bertz CT molecular complexity index is 1050. The van der Waals surface area contributed by atoms with Gasteiger partial charge in [-0.1, -0.05) is 62.7 Å². The van der Waals surface area contributed by atoms with Gasteiger partial charge in [-0.2, -0.15) is 5.10 Å². The number of aliphatic hydroxyl groups excluding tert-OH is 1. The average molecular weight is 431 g/mol. The van der Waals surface area contributed by atoms with Gasteiger partial charge in [0.1, 0.15) is 17.7 Å². The Balaban J connectivity index is 2.19. The van der Waals surface area contributed by atoms with E-state index < -0.39 is 29.2 Å². The van der Waals surface area contributed by atoms with E-state index in [1.807, 2.05) is 51.1 Å². The molecule has 0 bridgehead atoms. The Hall–Kier alpha value is -2.77. The first-order chi connectivity index (χ1) is 14.1. The second kappa shape index (κ2) is 8.53. The molecule has 0 saturated heterocycles. The highest BCUT2D eigenvalue weighted by atomic mass is 35.5. The summed E-state index contributed by atoms with van der Waals surface area (Å²) < 4.78 is 16.1. The fraction of sp³-hybridized carbons (Fsp3) is 0.318. The molecule has 3 rings (SSSR count). The van der Waals surface area contributed by atoms with Crippen molar-refractivity contribution in [2.45, 2.75) is 39.3 Å². The van der Waals surface area contributed by atoms with E-state index >= 15 is 0 Å². The van der Waals surface area contributed by atoms with Crippen LogP contribution in [0.3, 0.4) is 0 Å². The van der Waals surface area contributed by atoms with Crippen LogP contribution in [-0.2, 0) is 11.3 Å². The highest BCUT2D eigenvalue weighted by Gasteiger charge is 2.39. The van der Waals surface area contributed by atoms with Crippen LogP contribution < -0.4 is 5.73 Å². The number of carbonyl (C=O) groups is 1. The SMILES string of the molecule is CC(C)(C)[C@H](c1nc(-c2cc(Cl)ccc2F)nn1Cc1ccccc1)C(O)C(N)=O. The molecule has 30 heavy (non-hydrogen) atoms. The number of rotatable bonds is 6. The minimum atomic E-state index is -1.49. The van der Waals surface area contributed by atoms with E-state index in [-0.39, 0.29) is 11.4 Å². The monoisotopic (exact) mass is 430 g/mol. The van der Waals surface area contributed by atoms with Crippen molar-refractivity contribution in [1.29, 1.82) is 0 Å². The third-order valence-corrected chi connectivity index (χ3v) is 5.10. The molecule has 0 spiro atoms. The molecule has 0 saturated carbocycles. The van der Waals surface area contributed by atoms with Crippen molar-refractivity contribution in [2.75, 3.05) is 0 Å². The Kier molecular flexibility index (Phi) is 6.24. The van der Waals surface area contributed by atoms with E-state index in [1.165, 1.54) is 18.2 Å². The molecule has 0 radical (unpaired) electrons. The van der Waals surface area contributed by atoms with Gasteiger partial charge in [0.05, 0.1) is 18.0 Å². The predicted octanol–water partition coefficient (Wildman–Crippen LogP) is 3.76. The molecule has 1 heterocycles. The van der Waals surface area contributed by atoms with Gasteiger partial charge in [-0.15, -0.1) is 0 Å². The van der Waals surface area contributed by atoms with Crippen molar-refractivity contribution in [1.82, 2.24) is 14.8 Å². The van der Waals surface area contributed by atoms with E-state index in [9.17, 15) is 14.3 Å². The number of primary amides is 1. The van der Waals surface area contributed by atoms with E-state index in [1.54, 1.807) is 4.68 Å². The summed E-state index contributed by atoms with van der Waals surface area (Å²) in [5.41, 5.74) is 5.90. The third-order valence-electron chi connectivity index (χ3n) is 4.86. The van der Waals surface area contributed by atoms with Gasteiger partial charge in [-0.3, -0.25) is 4.79 Å². The molecule has 3 N–H and O–H groups in total. The molecule has 0 fully saturated rings. The van der Waals surface area contributed by atoms with Crippen molar-refractivity contribution in [3.8, 4) is 11.4 Å². The second-order valence-corrected chi connectivity index (χ2v) is 8.69. The van der Waals surface area contributed by atoms with Gasteiger partial charge >= 0.3 is 0 Å². The number of benzene rings is 2. The summed E-state index contributed by atoms with van der Waals surface area (Å²) in [6, 6.07) is 13.6. The molecule has 3 aromatic rings. The van der Waals surface area contributed by atoms with Crippen LogP contribution in [-0.4, -0.2) is 31.9 Å². The van der Waals surface area contributed by atoms with Crippen LogP contribution in [0.2, 0.25) is 5.02 Å². The molecular formula is C22H24ClFN4O2. The van der Waals surface area contributed by atoms with Gasteiger partial charge in [0.2, 0.25) is 5.91 Å². The molecular weight excluding hydrogens is 407 g/mol. The van der Waals surface area contributed by atoms with E-state index in [0.717, 1.165) is 5.56 Å². The topological polar surface area (TPSA) is 94.0 Å². The third kappa shape index (κ3) is 4.68. The number of carbonyl (C=O) groups excluding carboxylic acids is 1. The lowest BCUT2D eigenvalue weighted by Crippen LogP contribution is -2.41. The summed E-state index contributed by atoms with van der Waals surface area (Å²) in [6.45, 7) is 5.92. The average Bonchev–Trinajstić information content (AvgIpc) is 3.06. The van der Waals surface area contributed by atoms with Gasteiger partial charge in [-0.25, -0.2) is 14.1 Å². The zero-order chi connectivity index (χ0) is 22.1. The Labute approximate surface area is 179 Å². The molecule has 2 atom stereocenters. The number of aromatic nitrogens is 3. The van der Waals surface area contributed by atoms with Crippen LogP contribution in [0, 0.1) is 11.2 Å². The molecule has 1 amide bonds. The highest BCUT2D eigenvalue weighted by Crippen LogP contribution is 2.38. The Morgan fingerprint density at radius 3 is 2.50 bits per heavy atom. The number of hydrogen-bond donors (Lipinski definition) is 2. The number of amides is 1. The summed E-state index contributed by atoms with van der Waals surface area (Å²) in [6.07, 6.45) is -1.49. The van der Waals surface area contributed by atoms with Gasteiger partial charge in [0.15, 0.2) is 5.82 Å². The molecule has 2 aromatic carbocycles. The second-order valence-electron chi connectivity index (χ2n) is 8.25. The molecule has 0 aliphatic carbocycles. The first-order valence-electron chi connectivity index (χ1n) is 9.49. The smallest absolute Gasteiger partial charge is 0.247 e. The molecule has 158 valence electrons. The lowest BCUT2D eigenvalue weighted by Gasteiger charge is -2.32. The van der Waals surface area contributed by atoms with Crippen molar-refractivity contribution >= 4 is 17.5 Å². The Morgan fingerprint density at radius 2 is 1.90 bits per heavy atom. The molecule has 0 aliphatic heterocycles. The summed E-state index contributed by atoms with van der Waals surface area (Å²) in [4.78, 5) is 16.4. The Morgan fingerprint density at radius 1 is 1.23 bits per heavy atom. The summed E-state index contributed by atoms with van der Waals surface area (Å²) in [5.74, 6) is -1.69. The van der Waals surface area contributed by atoms with Crippen molar-refractivity contribution in [3.63, 3.8) is 0 Å². The van der Waals surface area contributed by atoms with Gasteiger partial charge < -0.3 is 10.8 Å². The van der Waals surface area contributed by atoms with Crippen molar-refractivity contribution < 1.29 is 14.3 Å². The van der Waals surface area contributed by atoms with Crippen LogP contribution in [0.15, 0.2) is 48.5 Å². The molecule has 6 nitrogen and oxygen atoms in total. The molecule has 1 unspecified atom stereocenters. The minimum Gasteiger partial charge on any atom is -0.382 e. The lowest BCUT2D eigenvalue weighted by molar-refractivity contribution is -0.128. The zero-order valence-electron chi connectivity index (χ0n) is 17.0. The lowest BCUT2D eigenvalue weighted by atomic mass is 9.76. The molecule has 8 heteroatoms. The zero-order valence-corrected chi connectivity index (χ0v) is 17.8.